The number of hydrogen-bond donors (Lipinski definition) is 1. The Morgan fingerprint density at radius 3 is 2.53 bits per heavy atom. The Morgan fingerprint density at radius 2 is 2.00 bits per heavy atom. The summed E-state index contributed by atoms with van der Waals surface area (Å²) in [6.45, 7) is 6.60. The third kappa shape index (κ3) is 2.61. The summed E-state index contributed by atoms with van der Waals surface area (Å²) < 4.78 is 0. The fourth-order valence-corrected chi connectivity index (χ4v) is 1.93. The lowest BCUT2D eigenvalue weighted by atomic mass is 10.3. The third-order valence-electron chi connectivity index (χ3n) is 2.66. The maximum atomic E-state index is 4.41. The van der Waals surface area contributed by atoms with Gasteiger partial charge in [0.05, 0.1) is 11.9 Å². The lowest BCUT2D eigenvalue weighted by Gasteiger charge is -2.17. The molecule has 0 unspecified atom stereocenters. The zero-order valence-electron chi connectivity index (χ0n) is 9.53. The van der Waals surface area contributed by atoms with E-state index in [0.29, 0.717) is 6.04 Å². The Morgan fingerprint density at radius 1 is 1.27 bits per heavy atom. The molecule has 1 fully saturated rings. The molecular weight excluding hydrogens is 186 g/mol. The van der Waals surface area contributed by atoms with Crippen molar-refractivity contribution in [1.29, 1.82) is 0 Å². The molecule has 1 aliphatic rings. The summed E-state index contributed by atoms with van der Waals surface area (Å²) in [6.07, 6.45) is 4.59. The van der Waals surface area contributed by atoms with Crippen molar-refractivity contribution < 1.29 is 0 Å². The third-order valence-corrected chi connectivity index (χ3v) is 2.66. The van der Waals surface area contributed by atoms with Gasteiger partial charge in [-0.25, -0.2) is 4.98 Å². The van der Waals surface area contributed by atoms with Crippen LogP contribution in [-0.4, -0.2) is 24.1 Å². The van der Waals surface area contributed by atoms with E-state index in [1.807, 2.05) is 6.20 Å². The molecule has 0 atom stereocenters. The number of anilines is 2. The Labute approximate surface area is 91.5 Å². The monoisotopic (exact) mass is 205 g/mol. The number of nitrogens with one attached hydrogen (secondary N) is 1. The summed E-state index contributed by atoms with van der Waals surface area (Å²) in [5, 5.41) is 3.29. The lowest BCUT2D eigenvalue weighted by molar-refractivity contribution is 0.887. The van der Waals surface area contributed by atoms with Gasteiger partial charge in [0.1, 0.15) is 5.82 Å². The standard InChI is InChI=1S/C12H19N3/c1-10(2)14-12-6-5-11(9-13-12)15-7-3-4-8-15/h5-6,9-10H,3-4,7-8H2,1-2H3,(H,13,14). The van der Waals surface area contributed by atoms with Crippen molar-refractivity contribution in [1.82, 2.24) is 4.98 Å². The van der Waals surface area contributed by atoms with Crippen LogP contribution < -0.4 is 10.2 Å². The zero-order chi connectivity index (χ0) is 10.7. The van der Waals surface area contributed by atoms with Crippen LogP contribution in [0.25, 0.3) is 0 Å². The number of aromatic nitrogens is 1. The molecule has 0 saturated carbocycles. The van der Waals surface area contributed by atoms with Crippen LogP contribution in [0.2, 0.25) is 0 Å². The van der Waals surface area contributed by atoms with Crippen LogP contribution in [0.15, 0.2) is 18.3 Å². The quantitative estimate of drug-likeness (QED) is 0.821. The van der Waals surface area contributed by atoms with Gasteiger partial charge in [0.15, 0.2) is 0 Å². The molecule has 3 nitrogen and oxygen atoms in total. The van der Waals surface area contributed by atoms with Crippen molar-refractivity contribution >= 4 is 11.5 Å². The maximum Gasteiger partial charge on any atom is 0.126 e. The van der Waals surface area contributed by atoms with E-state index in [1.165, 1.54) is 31.6 Å². The molecular formula is C12H19N3. The molecule has 15 heavy (non-hydrogen) atoms. The first-order valence-electron chi connectivity index (χ1n) is 5.73. The molecule has 1 N–H and O–H groups in total. The molecule has 2 heterocycles. The number of rotatable bonds is 3. The van der Waals surface area contributed by atoms with Gasteiger partial charge in [-0.3, -0.25) is 0 Å². The molecule has 0 bridgehead atoms. The largest absolute Gasteiger partial charge is 0.370 e. The van der Waals surface area contributed by atoms with Crippen molar-refractivity contribution in [3.05, 3.63) is 18.3 Å². The predicted molar refractivity (Wildman–Crippen MR) is 64.4 cm³/mol. The molecule has 0 spiro atoms. The molecule has 1 aromatic rings. The summed E-state index contributed by atoms with van der Waals surface area (Å²) in [7, 11) is 0. The van der Waals surface area contributed by atoms with E-state index in [9.17, 15) is 0 Å². The SMILES string of the molecule is CC(C)Nc1ccc(N2CCCC2)cn1. The number of hydrogen-bond acceptors (Lipinski definition) is 3. The Bertz CT molecular complexity index is 299. The second-order valence-corrected chi connectivity index (χ2v) is 4.39. The highest BCUT2D eigenvalue weighted by Crippen LogP contribution is 2.20. The van der Waals surface area contributed by atoms with Gasteiger partial charge < -0.3 is 10.2 Å². The molecule has 0 aromatic carbocycles. The van der Waals surface area contributed by atoms with Crippen LogP contribution >= 0.6 is 0 Å². The van der Waals surface area contributed by atoms with E-state index in [2.05, 4.69) is 41.2 Å². The van der Waals surface area contributed by atoms with Gasteiger partial charge in [0.2, 0.25) is 0 Å². The Kier molecular flexibility index (Phi) is 3.09. The summed E-state index contributed by atoms with van der Waals surface area (Å²) in [4.78, 5) is 6.81. The van der Waals surface area contributed by atoms with Gasteiger partial charge in [-0.2, -0.15) is 0 Å². The summed E-state index contributed by atoms with van der Waals surface area (Å²) >= 11 is 0. The minimum Gasteiger partial charge on any atom is -0.370 e. The van der Waals surface area contributed by atoms with Crippen molar-refractivity contribution in [2.75, 3.05) is 23.3 Å². The minimum atomic E-state index is 0.440. The number of pyridine rings is 1. The van der Waals surface area contributed by atoms with E-state index in [-0.39, 0.29) is 0 Å². The average Bonchev–Trinajstić information content (AvgIpc) is 2.71. The highest BCUT2D eigenvalue weighted by atomic mass is 15.2. The second kappa shape index (κ2) is 4.51. The molecule has 0 aliphatic carbocycles. The lowest BCUT2D eigenvalue weighted by Crippen LogP contribution is -2.18. The predicted octanol–water partition coefficient (Wildman–Crippen LogP) is 2.50. The molecule has 1 saturated heterocycles. The average molecular weight is 205 g/mol. The molecule has 0 amide bonds. The summed E-state index contributed by atoms with van der Waals surface area (Å²) in [6, 6.07) is 4.66. The van der Waals surface area contributed by atoms with E-state index in [1.54, 1.807) is 0 Å². The zero-order valence-corrected chi connectivity index (χ0v) is 9.53. The van der Waals surface area contributed by atoms with Crippen molar-refractivity contribution in [2.24, 2.45) is 0 Å². The van der Waals surface area contributed by atoms with Gasteiger partial charge >= 0.3 is 0 Å². The smallest absolute Gasteiger partial charge is 0.126 e. The van der Waals surface area contributed by atoms with Gasteiger partial charge in [-0.1, -0.05) is 0 Å². The van der Waals surface area contributed by atoms with Crippen LogP contribution in [-0.2, 0) is 0 Å². The highest BCUT2D eigenvalue weighted by Gasteiger charge is 2.12. The molecule has 1 aliphatic heterocycles. The van der Waals surface area contributed by atoms with Gasteiger partial charge in [0.25, 0.3) is 0 Å². The fourth-order valence-electron chi connectivity index (χ4n) is 1.93. The van der Waals surface area contributed by atoms with Gasteiger partial charge in [-0.05, 0) is 38.8 Å². The van der Waals surface area contributed by atoms with Crippen LogP contribution in [0.1, 0.15) is 26.7 Å². The first-order valence-corrected chi connectivity index (χ1v) is 5.73. The number of nitrogens with zero attached hydrogens (tertiary/aromatic N) is 2. The van der Waals surface area contributed by atoms with E-state index in [4.69, 9.17) is 0 Å². The maximum absolute atomic E-state index is 4.41. The van der Waals surface area contributed by atoms with Crippen LogP contribution in [0.4, 0.5) is 11.5 Å². The highest BCUT2D eigenvalue weighted by molar-refractivity contribution is 5.50. The summed E-state index contributed by atoms with van der Waals surface area (Å²) in [5.41, 5.74) is 1.25. The first kappa shape index (κ1) is 10.3. The van der Waals surface area contributed by atoms with E-state index in [0.717, 1.165) is 5.82 Å². The first-order chi connectivity index (χ1) is 7.25. The van der Waals surface area contributed by atoms with Crippen LogP contribution in [0.3, 0.4) is 0 Å². The molecule has 0 radical (unpaired) electrons. The second-order valence-electron chi connectivity index (χ2n) is 4.39. The Hall–Kier alpha value is -1.25. The van der Waals surface area contributed by atoms with Gasteiger partial charge in [-0.15, -0.1) is 0 Å². The van der Waals surface area contributed by atoms with Crippen LogP contribution in [0, 0.1) is 0 Å². The van der Waals surface area contributed by atoms with Crippen molar-refractivity contribution in [2.45, 2.75) is 32.7 Å². The van der Waals surface area contributed by atoms with Gasteiger partial charge in [0, 0.05) is 19.1 Å². The van der Waals surface area contributed by atoms with E-state index < -0.39 is 0 Å². The minimum absolute atomic E-state index is 0.440. The van der Waals surface area contributed by atoms with Crippen molar-refractivity contribution in [3.63, 3.8) is 0 Å². The summed E-state index contributed by atoms with van der Waals surface area (Å²) in [5.74, 6) is 0.966. The van der Waals surface area contributed by atoms with Crippen molar-refractivity contribution in [3.8, 4) is 0 Å². The molecule has 1 aromatic heterocycles. The topological polar surface area (TPSA) is 28.2 Å². The Balaban J connectivity index is 2.03. The normalized spacial score (nSPS) is 16.1. The molecule has 3 heteroatoms. The molecule has 82 valence electrons. The fraction of sp³-hybridized carbons (Fsp3) is 0.583. The molecule has 2 rings (SSSR count). The van der Waals surface area contributed by atoms with E-state index >= 15 is 0 Å². The van der Waals surface area contributed by atoms with Crippen LogP contribution in [0.5, 0.6) is 0 Å².